The van der Waals surface area contributed by atoms with Gasteiger partial charge in [0, 0.05) is 11.3 Å². The van der Waals surface area contributed by atoms with Crippen molar-refractivity contribution in [3.63, 3.8) is 0 Å². The van der Waals surface area contributed by atoms with E-state index in [1.807, 2.05) is 73.7 Å². The summed E-state index contributed by atoms with van der Waals surface area (Å²) in [6.45, 7) is 6.08. The van der Waals surface area contributed by atoms with Crippen LogP contribution in [0.2, 0.25) is 0 Å². The van der Waals surface area contributed by atoms with E-state index in [2.05, 4.69) is 19.2 Å². The maximum Gasteiger partial charge on any atom is 0.255 e. The summed E-state index contributed by atoms with van der Waals surface area (Å²) >= 11 is 0. The zero-order chi connectivity index (χ0) is 20.1. The number of nitrogens with one attached hydrogen (secondary N) is 1. The van der Waals surface area contributed by atoms with Gasteiger partial charge in [-0.15, -0.1) is 0 Å². The highest BCUT2D eigenvalue weighted by Gasteiger charge is 2.16. The lowest BCUT2D eigenvalue weighted by Gasteiger charge is -2.16. The molecule has 0 spiro atoms. The van der Waals surface area contributed by atoms with Crippen LogP contribution < -0.4 is 14.8 Å². The Balaban J connectivity index is 1.75. The molecule has 144 valence electrons. The second kappa shape index (κ2) is 8.61. The molecule has 3 aromatic carbocycles. The Hall–Kier alpha value is -3.27. The van der Waals surface area contributed by atoms with Crippen LogP contribution >= 0.6 is 0 Å². The van der Waals surface area contributed by atoms with E-state index in [-0.39, 0.29) is 11.8 Å². The summed E-state index contributed by atoms with van der Waals surface area (Å²) in [7, 11) is 1.65. The van der Waals surface area contributed by atoms with E-state index in [1.165, 1.54) is 0 Å². The van der Waals surface area contributed by atoms with Gasteiger partial charge in [-0.25, -0.2) is 0 Å². The molecular formula is C24H25NO3. The van der Waals surface area contributed by atoms with Crippen molar-refractivity contribution in [1.82, 2.24) is 0 Å². The number of carbonyl (C=O) groups is 1. The van der Waals surface area contributed by atoms with E-state index in [0.717, 1.165) is 22.6 Å². The van der Waals surface area contributed by atoms with E-state index in [4.69, 9.17) is 9.47 Å². The van der Waals surface area contributed by atoms with Crippen molar-refractivity contribution < 1.29 is 14.3 Å². The van der Waals surface area contributed by atoms with Gasteiger partial charge in [0.05, 0.1) is 7.11 Å². The summed E-state index contributed by atoms with van der Waals surface area (Å²) in [5.41, 5.74) is 3.26. The molecule has 0 fully saturated rings. The molecule has 3 rings (SSSR count). The first-order valence-electron chi connectivity index (χ1n) is 9.30. The number of amides is 1. The minimum absolute atomic E-state index is 0.140. The molecule has 0 aromatic heterocycles. The lowest BCUT2D eigenvalue weighted by Crippen LogP contribution is -2.14. The maximum atomic E-state index is 12.8. The zero-order valence-corrected chi connectivity index (χ0v) is 16.7. The molecule has 0 saturated carbocycles. The van der Waals surface area contributed by atoms with E-state index in [0.29, 0.717) is 17.0 Å². The van der Waals surface area contributed by atoms with Gasteiger partial charge < -0.3 is 14.8 Å². The molecule has 0 aliphatic carbocycles. The van der Waals surface area contributed by atoms with Crippen LogP contribution in [0.4, 0.5) is 5.69 Å². The second-order valence-corrected chi connectivity index (χ2v) is 6.96. The number of methoxy groups -OCH3 is 1. The third kappa shape index (κ3) is 4.52. The number of anilines is 1. The monoisotopic (exact) mass is 375 g/mol. The number of benzene rings is 3. The van der Waals surface area contributed by atoms with Crippen molar-refractivity contribution in [1.29, 1.82) is 0 Å². The Bertz CT molecular complexity index is 948. The summed E-state index contributed by atoms with van der Waals surface area (Å²) in [6.07, 6.45) is 0. The number of carbonyl (C=O) groups excluding carboxylic acids is 1. The van der Waals surface area contributed by atoms with Crippen molar-refractivity contribution in [2.24, 2.45) is 0 Å². The van der Waals surface area contributed by atoms with Crippen LogP contribution in [0.25, 0.3) is 0 Å². The highest BCUT2D eigenvalue weighted by Crippen LogP contribution is 2.30. The van der Waals surface area contributed by atoms with E-state index >= 15 is 0 Å². The van der Waals surface area contributed by atoms with Crippen molar-refractivity contribution in [3.8, 4) is 17.2 Å². The number of rotatable bonds is 6. The van der Waals surface area contributed by atoms with Crippen LogP contribution in [0.1, 0.15) is 41.3 Å². The summed E-state index contributed by atoms with van der Waals surface area (Å²) in [5.74, 6) is 2.42. The van der Waals surface area contributed by atoms with Gasteiger partial charge in [-0.05, 0) is 72.5 Å². The number of aryl methyl sites for hydroxylation is 1. The quantitative estimate of drug-likeness (QED) is 0.560. The molecule has 0 radical (unpaired) electrons. The maximum absolute atomic E-state index is 12.8. The Labute approximate surface area is 166 Å². The van der Waals surface area contributed by atoms with E-state index in [9.17, 15) is 4.79 Å². The number of hydrogen-bond donors (Lipinski definition) is 1. The second-order valence-electron chi connectivity index (χ2n) is 6.96. The number of ether oxygens (including phenoxy) is 2. The van der Waals surface area contributed by atoms with Crippen LogP contribution in [0, 0.1) is 6.92 Å². The topological polar surface area (TPSA) is 47.6 Å². The highest BCUT2D eigenvalue weighted by atomic mass is 16.5. The number of para-hydroxylation sites is 1. The highest BCUT2D eigenvalue weighted by molar-refractivity contribution is 6.05. The molecule has 0 heterocycles. The first kappa shape index (κ1) is 19.5. The van der Waals surface area contributed by atoms with Crippen LogP contribution in [0.15, 0.2) is 66.7 Å². The van der Waals surface area contributed by atoms with Gasteiger partial charge in [0.15, 0.2) is 0 Å². The molecule has 0 atom stereocenters. The predicted octanol–water partition coefficient (Wildman–Crippen LogP) is 6.17. The van der Waals surface area contributed by atoms with Crippen molar-refractivity contribution in [2.45, 2.75) is 26.7 Å². The predicted molar refractivity (Wildman–Crippen MR) is 113 cm³/mol. The zero-order valence-electron chi connectivity index (χ0n) is 16.7. The minimum atomic E-state index is -0.140. The van der Waals surface area contributed by atoms with Gasteiger partial charge in [-0.1, -0.05) is 32.0 Å². The van der Waals surface area contributed by atoms with Gasteiger partial charge in [-0.2, -0.15) is 0 Å². The van der Waals surface area contributed by atoms with E-state index in [1.54, 1.807) is 7.11 Å². The Kier molecular flexibility index (Phi) is 5.99. The van der Waals surface area contributed by atoms with Crippen molar-refractivity contribution >= 4 is 11.6 Å². The third-order valence-corrected chi connectivity index (χ3v) is 4.53. The van der Waals surface area contributed by atoms with Gasteiger partial charge >= 0.3 is 0 Å². The fourth-order valence-electron chi connectivity index (χ4n) is 3.00. The SMILES string of the molecule is COc1cc(C)c(C(=O)Nc2ccc(Oc3ccccc3)cc2)cc1C(C)C. The first-order chi connectivity index (χ1) is 13.5. The Morgan fingerprint density at radius 3 is 2.18 bits per heavy atom. The fourth-order valence-corrected chi connectivity index (χ4v) is 3.00. The summed E-state index contributed by atoms with van der Waals surface area (Å²) in [4.78, 5) is 12.8. The van der Waals surface area contributed by atoms with Gasteiger partial charge in [-0.3, -0.25) is 4.79 Å². The Morgan fingerprint density at radius 2 is 1.57 bits per heavy atom. The minimum Gasteiger partial charge on any atom is -0.496 e. The average Bonchev–Trinajstić information content (AvgIpc) is 2.69. The standard InChI is InChI=1S/C24H25NO3/c1-16(2)21-15-22(17(3)14-23(21)27-4)24(26)25-18-10-12-20(13-11-18)28-19-8-6-5-7-9-19/h5-16H,1-4H3,(H,25,26). The van der Waals surface area contributed by atoms with Crippen molar-refractivity contribution in [2.75, 3.05) is 12.4 Å². The Morgan fingerprint density at radius 1 is 0.929 bits per heavy atom. The summed E-state index contributed by atoms with van der Waals surface area (Å²) < 4.78 is 11.2. The normalized spacial score (nSPS) is 10.6. The summed E-state index contributed by atoms with van der Waals surface area (Å²) in [6, 6.07) is 20.8. The molecular weight excluding hydrogens is 350 g/mol. The lowest BCUT2D eigenvalue weighted by molar-refractivity contribution is 0.102. The van der Waals surface area contributed by atoms with Crippen LogP contribution in [0.5, 0.6) is 17.2 Å². The molecule has 0 saturated heterocycles. The number of hydrogen-bond acceptors (Lipinski definition) is 3. The molecule has 28 heavy (non-hydrogen) atoms. The molecule has 0 bridgehead atoms. The largest absolute Gasteiger partial charge is 0.496 e. The molecule has 1 amide bonds. The van der Waals surface area contributed by atoms with Crippen molar-refractivity contribution in [3.05, 3.63) is 83.4 Å². The third-order valence-electron chi connectivity index (χ3n) is 4.53. The average molecular weight is 375 g/mol. The molecule has 4 nitrogen and oxygen atoms in total. The molecule has 0 aliphatic heterocycles. The molecule has 0 unspecified atom stereocenters. The lowest BCUT2D eigenvalue weighted by atomic mass is 9.96. The molecule has 0 aliphatic rings. The first-order valence-corrected chi connectivity index (χ1v) is 9.30. The van der Waals surface area contributed by atoms with E-state index < -0.39 is 0 Å². The summed E-state index contributed by atoms with van der Waals surface area (Å²) in [5, 5.41) is 2.96. The molecule has 4 heteroatoms. The fraction of sp³-hybridized carbons (Fsp3) is 0.208. The van der Waals surface area contributed by atoms with Crippen LogP contribution in [0.3, 0.4) is 0 Å². The smallest absolute Gasteiger partial charge is 0.255 e. The molecule has 1 N–H and O–H groups in total. The van der Waals surface area contributed by atoms with Gasteiger partial charge in [0.2, 0.25) is 0 Å². The molecule has 3 aromatic rings. The van der Waals surface area contributed by atoms with Crippen LogP contribution in [-0.4, -0.2) is 13.0 Å². The van der Waals surface area contributed by atoms with Crippen LogP contribution in [-0.2, 0) is 0 Å². The van der Waals surface area contributed by atoms with Gasteiger partial charge in [0.1, 0.15) is 17.2 Å². The van der Waals surface area contributed by atoms with Gasteiger partial charge in [0.25, 0.3) is 5.91 Å².